The van der Waals surface area contributed by atoms with Crippen LogP contribution in [0.2, 0.25) is 0 Å². The quantitative estimate of drug-likeness (QED) is 0.702. The fourth-order valence-corrected chi connectivity index (χ4v) is 3.79. The van der Waals surface area contributed by atoms with Gasteiger partial charge in [-0.05, 0) is 18.6 Å². The molecule has 27 heavy (non-hydrogen) atoms. The van der Waals surface area contributed by atoms with Crippen molar-refractivity contribution in [1.29, 1.82) is 0 Å². The van der Waals surface area contributed by atoms with Gasteiger partial charge in [0.25, 0.3) is 5.56 Å². The number of aromatic nitrogens is 4. The molecule has 0 amide bonds. The molecule has 1 aromatic carbocycles. The molecule has 8 heteroatoms. The Morgan fingerprint density at radius 2 is 2.11 bits per heavy atom. The van der Waals surface area contributed by atoms with E-state index in [1.54, 1.807) is 14.2 Å². The summed E-state index contributed by atoms with van der Waals surface area (Å²) in [6.45, 7) is 3.92. The third-order valence-corrected chi connectivity index (χ3v) is 5.11. The lowest BCUT2D eigenvalue weighted by atomic mass is 10.2. The summed E-state index contributed by atoms with van der Waals surface area (Å²) in [6, 6.07) is 7.83. The number of ether oxygens (including phenoxy) is 1. The fourth-order valence-electron chi connectivity index (χ4n) is 3.79. The summed E-state index contributed by atoms with van der Waals surface area (Å²) in [6.07, 6.45) is 1.63. The van der Waals surface area contributed by atoms with Crippen LogP contribution < -0.4 is 25.5 Å². The lowest BCUT2D eigenvalue weighted by Crippen LogP contribution is -2.49. The minimum Gasteiger partial charge on any atom is -0.497 e. The molecule has 0 saturated carbocycles. The Balaban J connectivity index is 1.97. The number of rotatable bonds is 4. The molecule has 3 aromatic rings. The van der Waals surface area contributed by atoms with Crippen LogP contribution >= 0.6 is 0 Å². The second kappa shape index (κ2) is 6.61. The second-order valence-corrected chi connectivity index (χ2v) is 6.80. The highest BCUT2D eigenvalue weighted by atomic mass is 16.5. The van der Waals surface area contributed by atoms with Crippen LogP contribution in [0.1, 0.15) is 19.8 Å². The number of aromatic amines is 1. The molecule has 0 spiro atoms. The Hall–Kier alpha value is -3.03. The van der Waals surface area contributed by atoms with Crippen molar-refractivity contribution < 1.29 is 9.30 Å². The summed E-state index contributed by atoms with van der Waals surface area (Å²) in [5.41, 5.74) is 1.56. The smallest absolute Gasteiger partial charge is 0.364 e. The first kappa shape index (κ1) is 17.4. The topological polar surface area (TPSA) is 76.1 Å². The summed E-state index contributed by atoms with van der Waals surface area (Å²) in [5, 5.41) is 0. The first-order chi connectivity index (χ1) is 13.1. The average molecular weight is 370 g/mol. The lowest BCUT2D eigenvalue weighted by Gasteiger charge is -2.22. The highest BCUT2D eigenvalue weighted by molar-refractivity contribution is 5.70. The zero-order chi connectivity index (χ0) is 19.1. The van der Waals surface area contributed by atoms with Crippen molar-refractivity contribution in [1.82, 2.24) is 14.1 Å². The van der Waals surface area contributed by atoms with E-state index in [1.807, 2.05) is 35.8 Å². The molecule has 4 rings (SSSR count). The Morgan fingerprint density at radius 3 is 2.85 bits per heavy atom. The summed E-state index contributed by atoms with van der Waals surface area (Å²) in [7, 11) is 3.35. The molecule has 0 atom stereocenters. The van der Waals surface area contributed by atoms with Crippen molar-refractivity contribution in [2.45, 2.75) is 32.9 Å². The maximum Gasteiger partial charge on any atom is 0.364 e. The van der Waals surface area contributed by atoms with E-state index in [0.717, 1.165) is 43.3 Å². The number of aryl methyl sites for hydroxylation is 2. The Morgan fingerprint density at radius 1 is 1.30 bits per heavy atom. The maximum absolute atomic E-state index is 13.0. The molecule has 3 heterocycles. The first-order valence-electron chi connectivity index (χ1n) is 9.23. The van der Waals surface area contributed by atoms with Crippen molar-refractivity contribution in [3.63, 3.8) is 0 Å². The van der Waals surface area contributed by atoms with Gasteiger partial charge in [0.1, 0.15) is 11.4 Å². The van der Waals surface area contributed by atoms with Crippen LogP contribution in [-0.4, -0.2) is 27.8 Å². The van der Waals surface area contributed by atoms with Crippen LogP contribution in [0.5, 0.6) is 5.75 Å². The molecule has 8 nitrogen and oxygen atoms in total. The molecular formula is C19H24N5O3+. The minimum absolute atomic E-state index is 0.232. The predicted octanol–water partition coefficient (Wildman–Crippen LogP) is 1.28. The van der Waals surface area contributed by atoms with Gasteiger partial charge in [-0.25, -0.2) is 19.2 Å². The number of H-pyrrole nitrogens is 1. The van der Waals surface area contributed by atoms with Crippen LogP contribution in [-0.2, 0) is 20.1 Å². The van der Waals surface area contributed by atoms with E-state index in [0.29, 0.717) is 17.7 Å². The van der Waals surface area contributed by atoms with Gasteiger partial charge in [-0.1, -0.05) is 13.0 Å². The van der Waals surface area contributed by atoms with Crippen LogP contribution in [0.4, 0.5) is 11.6 Å². The molecule has 0 radical (unpaired) electrons. The van der Waals surface area contributed by atoms with Crippen molar-refractivity contribution in [3.05, 3.63) is 45.1 Å². The van der Waals surface area contributed by atoms with E-state index < -0.39 is 0 Å². The number of nitrogens with one attached hydrogen (secondary N) is 1. The van der Waals surface area contributed by atoms with E-state index in [-0.39, 0.29) is 11.2 Å². The number of nitrogens with zero attached hydrogens (tertiary/aromatic N) is 4. The van der Waals surface area contributed by atoms with E-state index in [1.165, 1.54) is 9.13 Å². The third kappa shape index (κ3) is 2.63. The lowest BCUT2D eigenvalue weighted by molar-refractivity contribution is -0.663. The number of methoxy groups -OCH3 is 1. The molecule has 2 aromatic heterocycles. The van der Waals surface area contributed by atoms with Crippen molar-refractivity contribution in [3.8, 4) is 5.75 Å². The molecular weight excluding hydrogens is 346 g/mol. The van der Waals surface area contributed by atoms with E-state index in [2.05, 4.69) is 9.88 Å². The Labute approximate surface area is 156 Å². The normalized spacial score (nSPS) is 13.8. The Kier molecular flexibility index (Phi) is 4.25. The molecule has 1 aliphatic rings. The molecule has 0 unspecified atom stereocenters. The zero-order valence-electron chi connectivity index (χ0n) is 15.9. The molecule has 0 bridgehead atoms. The summed E-state index contributed by atoms with van der Waals surface area (Å²) < 4.78 is 10.2. The van der Waals surface area contributed by atoms with Crippen molar-refractivity contribution in [2.75, 3.05) is 18.6 Å². The SMILES string of the molecule is CCCn1c(=O)c2c([nH]c3[n+]2CCCN3c2cccc(OC)c2)n(C)c1=O. The van der Waals surface area contributed by atoms with Gasteiger partial charge < -0.3 is 4.74 Å². The number of benzene rings is 1. The average Bonchev–Trinajstić information content (AvgIpc) is 3.09. The highest BCUT2D eigenvalue weighted by Crippen LogP contribution is 2.28. The third-order valence-electron chi connectivity index (χ3n) is 5.11. The second-order valence-electron chi connectivity index (χ2n) is 6.80. The summed E-state index contributed by atoms with van der Waals surface area (Å²) >= 11 is 0. The van der Waals surface area contributed by atoms with E-state index in [9.17, 15) is 9.59 Å². The zero-order valence-corrected chi connectivity index (χ0v) is 15.9. The number of hydrogen-bond donors (Lipinski definition) is 1. The van der Waals surface area contributed by atoms with Gasteiger partial charge in [0, 0.05) is 26.1 Å². The van der Waals surface area contributed by atoms with Crippen LogP contribution in [0.15, 0.2) is 33.9 Å². The van der Waals surface area contributed by atoms with E-state index in [4.69, 9.17) is 4.74 Å². The monoisotopic (exact) mass is 370 g/mol. The number of fused-ring (bicyclic) bond motifs is 3. The van der Waals surface area contributed by atoms with Gasteiger partial charge in [-0.15, -0.1) is 0 Å². The standard InChI is InChI=1S/C19H23N5O3/c1-4-9-24-17(25)15-16(21(2)19(24)26)20-18-22(10-6-11-23(15)18)13-7-5-8-14(12-13)27-3/h5,7-8,12H,4,6,9-11H2,1-3H3/p+1. The number of imidazole rings is 1. The fraction of sp³-hybridized carbons (Fsp3) is 0.421. The van der Waals surface area contributed by atoms with Gasteiger partial charge in [-0.3, -0.25) is 13.9 Å². The number of hydrogen-bond acceptors (Lipinski definition) is 4. The minimum atomic E-state index is -0.290. The maximum atomic E-state index is 13.0. The number of anilines is 2. The predicted molar refractivity (Wildman–Crippen MR) is 103 cm³/mol. The van der Waals surface area contributed by atoms with Crippen molar-refractivity contribution >= 4 is 22.8 Å². The molecule has 0 aliphatic carbocycles. The van der Waals surface area contributed by atoms with Gasteiger partial charge in [0.05, 0.1) is 20.2 Å². The van der Waals surface area contributed by atoms with Gasteiger partial charge in [-0.2, -0.15) is 0 Å². The highest BCUT2D eigenvalue weighted by Gasteiger charge is 2.33. The summed E-state index contributed by atoms with van der Waals surface area (Å²) in [4.78, 5) is 31.1. The Bertz CT molecular complexity index is 1120. The van der Waals surface area contributed by atoms with E-state index >= 15 is 0 Å². The first-order valence-corrected chi connectivity index (χ1v) is 9.23. The largest absolute Gasteiger partial charge is 0.497 e. The molecule has 0 fully saturated rings. The van der Waals surface area contributed by atoms with Gasteiger partial charge >= 0.3 is 11.6 Å². The molecule has 142 valence electrons. The van der Waals surface area contributed by atoms with Crippen LogP contribution in [0, 0.1) is 0 Å². The molecule has 1 aliphatic heterocycles. The van der Waals surface area contributed by atoms with Gasteiger partial charge in [0.2, 0.25) is 11.2 Å². The van der Waals surface area contributed by atoms with Crippen LogP contribution in [0.3, 0.4) is 0 Å². The van der Waals surface area contributed by atoms with Crippen molar-refractivity contribution in [2.24, 2.45) is 7.05 Å². The summed E-state index contributed by atoms with van der Waals surface area (Å²) in [5.74, 6) is 1.59. The molecule has 0 saturated heterocycles. The van der Waals surface area contributed by atoms with Gasteiger partial charge in [0.15, 0.2) is 0 Å². The molecule has 1 N–H and O–H groups in total. The van der Waals surface area contributed by atoms with Crippen LogP contribution in [0.25, 0.3) is 11.2 Å².